The first kappa shape index (κ1) is 19.9. The lowest BCUT2D eigenvalue weighted by molar-refractivity contribution is -0.123. The molecule has 1 aromatic carbocycles. The third-order valence-corrected chi connectivity index (χ3v) is 4.55. The topological polar surface area (TPSA) is 81.4 Å². The van der Waals surface area contributed by atoms with Gasteiger partial charge in [0.05, 0.1) is 5.02 Å². The van der Waals surface area contributed by atoms with E-state index in [0.29, 0.717) is 22.9 Å². The van der Waals surface area contributed by atoms with Crippen molar-refractivity contribution < 1.29 is 13.9 Å². The molecule has 28 heavy (non-hydrogen) atoms. The van der Waals surface area contributed by atoms with Gasteiger partial charge in [-0.1, -0.05) is 31.0 Å². The predicted octanol–water partition coefficient (Wildman–Crippen LogP) is 3.88. The standard InChI is InChI=1S/C21H21ClN2O4/c1-2-3-6-15-8-21(26)28-18-10-19(17(22)9-16(15)18)27-13-20(25)24-12-14-5-4-7-23-11-14/h4-5,7-11H,2-3,6,12-13H2,1H3,(H,24,25). The molecule has 0 aliphatic heterocycles. The zero-order valence-electron chi connectivity index (χ0n) is 15.5. The van der Waals surface area contributed by atoms with E-state index in [2.05, 4.69) is 17.2 Å². The van der Waals surface area contributed by atoms with E-state index < -0.39 is 5.63 Å². The Labute approximate surface area is 167 Å². The highest BCUT2D eigenvalue weighted by Crippen LogP contribution is 2.31. The molecule has 0 unspecified atom stereocenters. The van der Waals surface area contributed by atoms with Crippen LogP contribution in [-0.2, 0) is 17.8 Å². The molecule has 0 spiro atoms. The molecule has 0 saturated heterocycles. The Hall–Kier alpha value is -2.86. The van der Waals surface area contributed by atoms with Crippen LogP contribution in [0.2, 0.25) is 5.02 Å². The van der Waals surface area contributed by atoms with E-state index in [9.17, 15) is 9.59 Å². The maximum absolute atomic E-state index is 12.0. The number of ether oxygens (including phenoxy) is 1. The summed E-state index contributed by atoms with van der Waals surface area (Å²) >= 11 is 6.32. The highest BCUT2D eigenvalue weighted by molar-refractivity contribution is 6.32. The second-order valence-electron chi connectivity index (χ2n) is 6.40. The summed E-state index contributed by atoms with van der Waals surface area (Å²) in [7, 11) is 0. The Morgan fingerprint density at radius 1 is 1.32 bits per heavy atom. The van der Waals surface area contributed by atoms with Crippen molar-refractivity contribution in [3.05, 3.63) is 69.3 Å². The minimum Gasteiger partial charge on any atom is -0.482 e. The number of nitrogens with one attached hydrogen (secondary N) is 1. The number of aromatic nitrogens is 1. The number of unbranched alkanes of at least 4 members (excludes halogenated alkanes) is 1. The minimum absolute atomic E-state index is 0.203. The van der Waals surface area contributed by atoms with Gasteiger partial charge in [0.2, 0.25) is 0 Å². The Morgan fingerprint density at radius 3 is 2.93 bits per heavy atom. The molecule has 2 heterocycles. The van der Waals surface area contributed by atoms with Crippen molar-refractivity contribution in [2.24, 2.45) is 0 Å². The minimum atomic E-state index is -0.416. The van der Waals surface area contributed by atoms with Gasteiger partial charge in [-0.2, -0.15) is 0 Å². The molecule has 0 fully saturated rings. The second kappa shape index (κ2) is 9.37. The van der Waals surface area contributed by atoms with Crippen LogP contribution >= 0.6 is 11.6 Å². The monoisotopic (exact) mass is 400 g/mol. The average Bonchev–Trinajstić information content (AvgIpc) is 2.70. The van der Waals surface area contributed by atoms with Crippen molar-refractivity contribution >= 4 is 28.5 Å². The highest BCUT2D eigenvalue weighted by atomic mass is 35.5. The molecule has 7 heteroatoms. The molecule has 1 amide bonds. The predicted molar refractivity (Wildman–Crippen MR) is 108 cm³/mol. The van der Waals surface area contributed by atoms with Crippen molar-refractivity contribution in [3.8, 4) is 5.75 Å². The number of fused-ring (bicyclic) bond motifs is 1. The zero-order valence-corrected chi connectivity index (χ0v) is 16.3. The van der Waals surface area contributed by atoms with Crippen molar-refractivity contribution in [1.29, 1.82) is 0 Å². The molecule has 0 saturated carbocycles. The second-order valence-corrected chi connectivity index (χ2v) is 6.81. The quantitative estimate of drug-likeness (QED) is 0.580. The maximum atomic E-state index is 12.0. The summed E-state index contributed by atoms with van der Waals surface area (Å²) in [5.41, 5.74) is 1.77. The Bertz CT molecular complexity index is 1020. The van der Waals surface area contributed by atoms with Gasteiger partial charge < -0.3 is 14.5 Å². The van der Waals surface area contributed by atoms with Crippen LogP contribution in [0.4, 0.5) is 0 Å². The van der Waals surface area contributed by atoms with Crippen LogP contribution in [0, 0.1) is 0 Å². The van der Waals surface area contributed by atoms with Gasteiger partial charge in [0.25, 0.3) is 5.91 Å². The van der Waals surface area contributed by atoms with E-state index in [1.165, 1.54) is 6.07 Å². The van der Waals surface area contributed by atoms with Gasteiger partial charge in [-0.05, 0) is 36.1 Å². The zero-order chi connectivity index (χ0) is 19.9. The third kappa shape index (κ3) is 5.10. The molecule has 146 valence electrons. The van der Waals surface area contributed by atoms with E-state index in [1.807, 2.05) is 6.07 Å². The number of carbonyl (C=O) groups excluding carboxylic acids is 1. The summed E-state index contributed by atoms with van der Waals surface area (Å²) in [6, 6.07) is 8.44. The van der Waals surface area contributed by atoms with Crippen molar-refractivity contribution in [1.82, 2.24) is 10.3 Å². The number of hydrogen-bond donors (Lipinski definition) is 1. The lowest BCUT2D eigenvalue weighted by atomic mass is 10.0. The molecule has 3 rings (SSSR count). The summed E-state index contributed by atoms with van der Waals surface area (Å²) in [5, 5.41) is 3.89. The number of aryl methyl sites for hydroxylation is 1. The Kier molecular flexibility index (Phi) is 6.66. The summed E-state index contributed by atoms with van der Waals surface area (Å²) < 4.78 is 10.8. The van der Waals surface area contributed by atoms with Crippen LogP contribution in [0.25, 0.3) is 11.0 Å². The normalized spacial score (nSPS) is 10.8. The van der Waals surface area contributed by atoms with E-state index in [1.54, 1.807) is 30.6 Å². The van der Waals surface area contributed by atoms with Crippen molar-refractivity contribution in [3.63, 3.8) is 0 Å². The molecule has 0 radical (unpaired) electrons. The van der Waals surface area contributed by atoms with Gasteiger partial charge in [0.15, 0.2) is 6.61 Å². The van der Waals surface area contributed by atoms with Gasteiger partial charge in [-0.3, -0.25) is 9.78 Å². The van der Waals surface area contributed by atoms with Crippen molar-refractivity contribution in [2.75, 3.05) is 6.61 Å². The summed E-state index contributed by atoms with van der Waals surface area (Å²) in [6.45, 7) is 2.24. The summed E-state index contributed by atoms with van der Waals surface area (Å²) in [6.07, 6.45) is 6.10. The first-order valence-corrected chi connectivity index (χ1v) is 9.49. The van der Waals surface area contributed by atoms with E-state index in [-0.39, 0.29) is 12.5 Å². The molecule has 1 N–H and O–H groups in total. The van der Waals surface area contributed by atoms with Crippen LogP contribution in [-0.4, -0.2) is 17.5 Å². The summed E-state index contributed by atoms with van der Waals surface area (Å²) in [5.74, 6) is -0.000322. The largest absolute Gasteiger partial charge is 0.482 e. The number of rotatable bonds is 8. The molecule has 0 atom stereocenters. The van der Waals surface area contributed by atoms with E-state index in [4.69, 9.17) is 20.8 Å². The third-order valence-electron chi connectivity index (χ3n) is 4.25. The number of pyridine rings is 1. The Balaban J connectivity index is 1.70. The lowest BCUT2D eigenvalue weighted by Crippen LogP contribution is -2.28. The molecule has 0 bridgehead atoms. The van der Waals surface area contributed by atoms with E-state index >= 15 is 0 Å². The van der Waals surface area contributed by atoms with Crippen LogP contribution in [0.1, 0.15) is 30.9 Å². The van der Waals surface area contributed by atoms with Gasteiger partial charge in [-0.25, -0.2) is 4.79 Å². The number of carbonyl (C=O) groups is 1. The van der Waals surface area contributed by atoms with Crippen LogP contribution in [0.15, 0.2) is 51.9 Å². The van der Waals surface area contributed by atoms with Gasteiger partial charge in [0, 0.05) is 36.5 Å². The molecular weight excluding hydrogens is 380 g/mol. The Morgan fingerprint density at radius 2 is 2.18 bits per heavy atom. The van der Waals surface area contributed by atoms with Gasteiger partial charge in [-0.15, -0.1) is 0 Å². The summed E-state index contributed by atoms with van der Waals surface area (Å²) in [4.78, 5) is 27.9. The first-order valence-electron chi connectivity index (χ1n) is 9.11. The molecule has 0 aliphatic carbocycles. The number of hydrogen-bond acceptors (Lipinski definition) is 5. The van der Waals surface area contributed by atoms with Crippen LogP contribution < -0.4 is 15.7 Å². The molecule has 2 aromatic heterocycles. The molecular formula is C21H21ClN2O4. The maximum Gasteiger partial charge on any atom is 0.336 e. The van der Waals surface area contributed by atoms with Crippen molar-refractivity contribution in [2.45, 2.75) is 32.7 Å². The fraction of sp³-hybridized carbons (Fsp3) is 0.286. The van der Waals surface area contributed by atoms with E-state index in [0.717, 1.165) is 35.8 Å². The molecule has 0 aliphatic rings. The SMILES string of the molecule is CCCCc1cc(=O)oc2cc(OCC(=O)NCc3cccnc3)c(Cl)cc12. The number of amides is 1. The fourth-order valence-electron chi connectivity index (χ4n) is 2.81. The average molecular weight is 401 g/mol. The number of nitrogens with zero attached hydrogens (tertiary/aromatic N) is 1. The van der Waals surface area contributed by atoms with Crippen LogP contribution in [0.3, 0.4) is 0 Å². The van der Waals surface area contributed by atoms with Crippen LogP contribution in [0.5, 0.6) is 5.75 Å². The lowest BCUT2D eigenvalue weighted by Gasteiger charge is -2.11. The smallest absolute Gasteiger partial charge is 0.336 e. The number of halogens is 1. The van der Waals surface area contributed by atoms with Gasteiger partial charge in [0.1, 0.15) is 11.3 Å². The van der Waals surface area contributed by atoms with Gasteiger partial charge >= 0.3 is 5.63 Å². The number of benzene rings is 1. The molecule has 3 aromatic rings. The molecule has 6 nitrogen and oxygen atoms in total. The first-order chi connectivity index (χ1) is 13.6. The highest BCUT2D eigenvalue weighted by Gasteiger charge is 2.12. The fourth-order valence-corrected chi connectivity index (χ4v) is 3.03.